The van der Waals surface area contributed by atoms with E-state index in [0.29, 0.717) is 0 Å². The van der Waals surface area contributed by atoms with Gasteiger partial charge in [-0.15, -0.1) is 0 Å². The average molecular weight is 388 g/mol. The summed E-state index contributed by atoms with van der Waals surface area (Å²) in [4.78, 5) is 35.5. The molecule has 28 heavy (non-hydrogen) atoms. The van der Waals surface area contributed by atoms with Crippen molar-refractivity contribution in [1.29, 1.82) is 0 Å². The van der Waals surface area contributed by atoms with Gasteiger partial charge in [0, 0.05) is 0 Å². The van der Waals surface area contributed by atoms with Gasteiger partial charge < -0.3 is 23.7 Å². The number of carbonyl (C=O) groups excluding carboxylic acids is 3. The minimum Gasteiger partial charge on any atom is -0.460 e. The summed E-state index contributed by atoms with van der Waals surface area (Å²) in [6.07, 6.45) is -4.33. The zero-order valence-electron chi connectivity index (χ0n) is 15.2. The van der Waals surface area contributed by atoms with Gasteiger partial charge in [0.15, 0.2) is 0 Å². The van der Waals surface area contributed by atoms with E-state index in [1.54, 1.807) is 55.5 Å². The predicted octanol–water partition coefficient (Wildman–Crippen LogP) is 3.58. The molecule has 0 N–H and O–H groups in total. The first-order chi connectivity index (χ1) is 13.6. The molecule has 0 saturated heterocycles. The Morgan fingerprint density at radius 2 is 1.14 bits per heavy atom. The zero-order chi connectivity index (χ0) is 20.2. The van der Waals surface area contributed by atoms with Crippen LogP contribution in [0.2, 0.25) is 0 Å². The molecule has 0 spiro atoms. The SMILES string of the molecule is CCOC(=O)C(OC(=O)OCc1ccccc1)OC(=O)OCc1ccccc1. The Morgan fingerprint density at radius 1 is 0.714 bits per heavy atom. The van der Waals surface area contributed by atoms with Crippen LogP contribution >= 0.6 is 0 Å². The van der Waals surface area contributed by atoms with Crippen molar-refractivity contribution in [1.82, 2.24) is 0 Å². The first kappa shape index (κ1) is 20.8. The van der Waals surface area contributed by atoms with Gasteiger partial charge in [-0.1, -0.05) is 60.7 Å². The van der Waals surface area contributed by atoms with Gasteiger partial charge in [-0.05, 0) is 18.1 Å². The molecule has 0 aliphatic heterocycles. The standard InChI is InChI=1S/C20H20O8/c1-2-24-17(21)18(27-19(22)25-13-15-9-5-3-6-10-15)28-20(23)26-14-16-11-7-4-8-12-16/h3-12,18H,2,13-14H2,1H3. The molecule has 0 atom stereocenters. The third-order valence-electron chi connectivity index (χ3n) is 3.28. The minimum atomic E-state index is -1.94. The number of carbonyl (C=O) groups is 3. The maximum absolute atomic E-state index is 11.9. The molecule has 2 aromatic carbocycles. The number of hydrogen-bond acceptors (Lipinski definition) is 8. The van der Waals surface area contributed by atoms with E-state index in [0.717, 1.165) is 11.1 Å². The van der Waals surface area contributed by atoms with E-state index in [1.165, 1.54) is 0 Å². The Kier molecular flexibility index (Phi) is 8.32. The van der Waals surface area contributed by atoms with Crippen LogP contribution in [0.3, 0.4) is 0 Å². The Hall–Kier alpha value is -3.55. The summed E-state index contributed by atoms with van der Waals surface area (Å²) in [5.41, 5.74) is 1.44. The molecule has 0 aliphatic rings. The van der Waals surface area contributed by atoms with Gasteiger partial charge in [-0.2, -0.15) is 0 Å². The summed E-state index contributed by atoms with van der Waals surface area (Å²) in [5.74, 6) is -1.06. The molecule has 2 aromatic rings. The monoisotopic (exact) mass is 388 g/mol. The lowest BCUT2D eigenvalue weighted by Gasteiger charge is -2.16. The quantitative estimate of drug-likeness (QED) is 0.384. The third kappa shape index (κ3) is 7.36. The number of rotatable bonds is 8. The van der Waals surface area contributed by atoms with Gasteiger partial charge in [0.25, 0.3) is 0 Å². The zero-order valence-corrected chi connectivity index (χ0v) is 15.2. The molecule has 0 saturated carbocycles. The lowest BCUT2D eigenvalue weighted by molar-refractivity contribution is -0.180. The summed E-state index contributed by atoms with van der Waals surface area (Å²) >= 11 is 0. The van der Waals surface area contributed by atoms with E-state index in [9.17, 15) is 14.4 Å². The summed E-state index contributed by atoms with van der Waals surface area (Å²) in [6.45, 7) is 1.40. The average Bonchev–Trinajstić information content (AvgIpc) is 2.72. The fourth-order valence-electron chi connectivity index (χ4n) is 2.01. The lowest BCUT2D eigenvalue weighted by Crippen LogP contribution is -2.34. The van der Waals surface area contributed by atoms with E-state index in [1.807, 2.05) is 12.1 Å². The molecule has 8 nitrogen and oxygen atoms in total. The van der Waals surface area contributed by atoms with E-state index >= 15 is 0 Å². The van der Waals surface area contributed by atoms with E-state index < -0.39 is 24.6 Å². The third-order valence-corrected chi connectivity index (χ3v) is 3.28. The summed E-state index contributed by atoms with van der Waals surface area (Å²) in [5, 5.41) is 0. The Balaban J connectivity index is 1.86. The van der Waals surface area contributed by atoms with Gasteiger partial charge in [0.1, 0.15) is 13.2 Å². The first-order valence-corrected chi connectivity index (χ1v) is 8.49. The van der Waals surface area contributed by atoms with Crippen molar-refractivity contribution < 1.29 is 38.1 Å². The minimum absolute atomic E-state index is 0.000178. The molecule has 0 unspecified atom stereocenters. The number of esters is 1. The van der Waals surface area contributed by atoms with Crippen molar-refractivity contribution in [3.8, 4) is 0 Å². The van der Waals surface area contributed by atoms with Gasteiger partial charge in [-0.3, -0.25) is 0 Å². The molecular weight excluding hydrogens is 368 g/mol. The number of hydrogen-bond donors (Lipinski definition) is 0. The largest absolute Gasteiger partial charge is 0.512 e. The van der Waals surface area contributed by atoms with Crippen LogP contribution in [0.5, 0.6) is 0 Å². The fraction of sp³-hybridized carbons (Fsp3) is 0.250. The van der Waals surface area contributed by atoms with Crippen LogP contribution in [0.4, 0.5) is 9.59 Å². The molecule has 0 heterocycles. The van der Waals surface area contributed by atoms with Crippen LogP contribution in [-0.4, -0.2) is 31.2 Å². The smallest absolute Gasteiger partial charge is 0.460 e. The molecule has 2 rings (SSSR count). The van der Waals surface area contributed by atoms with Crippen molar-refractivity contribution >= 4 is 18.3 Å². The van der Waals surface area contributed by atoms with E-state index in [-0.39, 0.29) is 19.8 Å². The number of ether oxygens (including phenoxy) is 5. The molecular formula is C20H20O8. The summed E-state index contributed by atoms with van der Waals surface area (Å²) in [7, 11) is 0. The number of benzene rings is 2. The highest BCUT2D eigenvalue weighted by Crippen LogP contribution is 2.08. The second-order valence-corrected chi connectivity index (χ2v) is 5.37. The van der Waals surface area contributed by atoms with Crippen molar-refractivity contribution in [2.45, 2.75) is 26.4 Å². The fourth-order valence-corrected chi connectivity index (χ4v) is 2.01. The maximum atomic E-state index is 11.9. The molecule has 0 aromatic heterocycles. The Labute approximate surface area is 161 Å². The van der Waals surface area contributed by atoms with Crippen molar-refractivity contribution in [3.05, 3.63) is 71.8 Å². The molecule has 0 aliphatic carbocycles. The molecule has 0 amide bonds. The van der Waals surface area contributed by atoms with Gasteiger partial charge >= 0.3 is 24.6 Å². The highest BCUT2D eigenvalue weighted by atomic mass is 16.8. The molecule has 0 radical (unpaired) electrons. The van der Waals surface area contributed by atoms with Crippen LogP contribution in [-0.2, 0) is 41.7 Å². The Bertz CT molecular complexity index is 703. The predicted molar refractivity (Wildman–Crippen MR) is 95.8 cm³/mol. The Morgan fingerprint density at radius 3 is 1.54 bits per heavy atom. The second-order valence-electron chi connectivity index (χ2n) is 5.37. The van der Waals surface area contributed by atoms with Gasteiger partial charge in [0.2, 0.25) is 0 Å². The van der Waals surface area contributed by atoms with E-state index in [2.05, 4.69) is 0 Å². The molecule has 0 bridgehead atoms. The van der Waals surface area contributed by atoms with Gasteiger partial charge in [0.05, 0.1) is 6.61 Å². The normalized spacial score (nSPS) is 10.1. The second kappa shape index (κ2) is 11.2. The van der Waals surface area contributed by atoms with Crippen molar-refractivity contribution in [2.75, 3.05) is 6.61 Å². The highest BCUT2D eigenvalue weighted by Gasteiger charge is 2.30. The van der Waals surface area contributed by atoms with Gasteiger partial charge in [-0.25, -0.2) is 14.4 Å². The van der Waals surface area contributed by atoms with Crippen LogP contribution in [0.1, 0.15) is 18.1 Å². The molecule has 148 valence electrons. The van der Waals surface area contributed by atoms with Crippen molar-refractivity contribution in [2.24, 2.45) is 0 Å². The summed E-state index contributed by atoms with van der Waals surface area (Å²) in [6, 6.07) is 17.7. The summed E-state index contributed by atoms with van der Waals surface area (Å²) < 4.78 is 24.0. The van der Waals surface area contributed by atoms with Crippen LogP contribution < -0.4 is 0 Å². The van der Waals surface area contributed by atoms with Crippen molar-refractivity contribution in [3.63, 3.8) is 0 Å². The van der Waals surface area contributed by atoms with E-state index in [4.69, 9.17) is 23.7 Å². The maximum Gasteiger partial charge on any atom is 0.512 e. The molecule has 0 fully saturated rings. The topological polar surface area (TPSA) is 97.4 Å². The molecule has 8 heteroatoms. The van der Waals surface area contributed by atoms with Crippen LogP contribution in [0.15, 0.2) is 60.7 Å². The van der Waals surface area contributed by atoms with Crippen LogP contribution in [0.25, 0.3) is 0 Å². The highest BCUT2D eigenvalue weighted by molar-refractivity contribution is 5.78. The van der Waals surface area contributed by atoms with Crippen LogP contribution in [0, 0.1) is 0 Å². The lowest BCUT2D eigenvalue weighted by atomic mass is 10.2. The first-order valence-electron chi connectivity index (χ1n) is 8.49.